The summed E-state index contributed by atoms with van der Waals surface area (Å²) in [6.45, 7) is 8.09. The van der Waals surface area contributed by atoms with Gasteiger partial charge in [0.15, 0.2) is 17.5 Å². The van der Waals surface area contributed by atoms with Crippen LogP contribution < -0.4 is 4.74 Å². The van der Waals surface area contributed by atoms with E-state index in [2.05, 4.69) is 109 Å². The number of nitrogens with zero attached hydrogens (tertiary/aromatic N) is 5. The van der Waals surface area contributed by atoms with Gasteiger partial charge in [0.05, 0.1) is 18.1 Å². The SMILES string of the molecule is C=CC(=C)c1cccc(-c2ccc(-n3c(-c4cccc(-c5ccc6oc7cccc(-c8nc(-c9ccccc9)nc(-c9ccccc9)n8)c7c6c5)c4)nc4ccccc43)cc2)c1OC. The topological polar surface area (TPSA) is 78.9 Å². The summed E-state index contributed by atoms with van der Waals surface area (Å²) in [5.74, 6) is 3.40. The lowest BCUT2D eigenvalue weighted by atomic mass is 9.97. The molecule has 0 fully saturated rings. The summed E-state index contributed by atoms with van der Waals surface area (Å²) in [6, 6.07) is 63.9. The van der Waals surface area contributed by atoms with Crippen molar-refractivity contribution in [1.29, 1.82) is 0 Å². The zero-order chi connectivity index (χ0) is 43.1. The van der Waals surface area contributed by atoms with Gasteiger partial charge in [0.1, 0.15) is 22.7 Å². The van der Waals surface area contributed by atoms with Crippen molar-refractivity contribution in [2.45, 2.75) is 0 Å². The molecule has 7 heteroatoms. The first-order valence-corrected chi connectivity index (χ1v) is 21.0. The number of hydrogen-bond donors (Lipinski definition) is 0. The Morgan fingerprint density at radius 2 is 1.14 bits per heavy atom. The molecule has 0 unspecified atom stereocenters. The van der Waals surface area contributed by atoms with Gasteiger partial charge >= 0.3 is 0 Å². The fraction of sp³-hybridized carbons (Fsp3) is 0.0175. The van der Waals surface area contributed by atoms with Crippen LogP contribution in [0.15, 0.2) is 212 Å². The maximum atomic E-state index is 6.50. The molecule has 64 heavy (non-hydrogen) atoms. The first-order chi connectivity index (χ1) is 31.5. The van der Waals surface area contributed by atoms with E-state index in [1.165, 1.54) is 0 Å². The van der Waals surface area contributed by atoms with Crippen molar-refractivity contribution in [3.8, 4) is 79.2 Å². The average Bonchev–Trinajstić information content (AvgIpc) is 3.95. The predicted molar refractivity (Wildman–Crippen MR) is 260 cm³/mol. The summed E-state index contributed by atoms with van der Waals surface area (Å²) in [7, 11) is 1.69. The Morgan fingerprint density at radius 3 is 1.88 bits per heavy atom. The summed E-state index contributed by atoms with van der Waals surface area (Å²) < 4.78 is 14.6. The molecule has 0 atom stereocenters. The molecule has 0 aliphatic heterocycles. The van der Waals surface area contributed by atoms with E-state index in [0.29, 0.717) is 17.5 Å². The Morgan fingerprint density at radius 1 is 0.531 bits per heavy atom. The lowest BCUT2D eigenvalue weighted by Crippen LogP contribution is -2.00. The van der Waals surface area contributed by atoms with E-state index < -0.39 is 0 Å². The zero-order valence-corrected chi connectivity index (χ0v) is 34.9. The number of allylic oxidation sites excluding steroid dienone is 2. The highest BCUT2D eigenvalue weighted by atomic mass is 16.5. The number of furan rings is 1. The smallest absolute Gasteiger partial charge is 0.164 e. The van der Waals surface area contributed by atoms with Crippen LogP contribution in [0.2, 0.25) is 0 Å². The third kappa shape index (κ3) is 6.73. The van der Waals surface area contributed by atoms with Crippen molar-refractivity contribution in [3.05, 3.63) is 213 Å². The first kappa shape index (κ1) is 38.3. The summed E-state index contributed by atoms with van der Waals surface area (Å²) in [5.41, 5.74) is 14.0. The molecule has 11 rings (SSSR count). The zero-order valence-electron chi connectivity index (χ0n) is 34.9. The van der Waals surface area contributed by atoms with Crippen molar-refractivity contribution in [1.82, 2.24) is 24.5 Å². The molecule has 0 saturated heterocycles. The van der Waals surface area contributed by atoms with E-state index in [9.17, 15) is 0 Å². The van der Waals surface area contributed by atoms with Gasteiger partial charge in [0.2, 0.25) is 0 Å². The van der Waals surface area contributed by atoms with E-state index in [4.69, 9.17) is 29.1 Å². The molecular formula is C57H39N5O2. The lowest BCUT2D eigenvalue weighted by molar-refractivity contribution is 0.415. The van der Waals surface area contributed by atoms with Gasteiger partial charge in [-0.15, -0.1) is 0 Å². The Balaban J connectivity index is 1.01. The van der Waals surface area contributed by atoms with Crippen LogP contribution in [0.25, 0.3) is 112 Å². The van der Waals surface area contributed by atoms with Crippen molar-refractivity contribution in [2.24, 2.45) is 0 Å². The molecule has 304 valence electrons. The van der Waals surface area contributed by atoms with E-state index in [1.807, 2.05) is 97.1 Å². The minimum Gasteiger partial charge on any atom is -0.495 e. The molecule has 8 aromatic carbocycles. The van der Waals surface area contributed by atoms with E-state index in [-0.39, 0.29) is 0 Å². The molecular weight excluding hydrogens is 787 g/mol. The van der Waals surface area contributed by atoms with Gasteiger partial charge in [-0.3, -0.25) is 4.57 Å². The maximum absolute atomic E-state index is 6.50. The van der Waals surface area contributed by atoms with Crippen LogP contribution in [-0.2, 0) is 0 Å². The van der Waals surface area contributed by atoms with Gasteiger partial charge in [0, 0.05) is 49.8 Å². The molecule has 11 aromatic rings. The molecule has 0 aliphatic carbocycles. The van der Waals surface area contributed by atoms with Gasteiger partial charge in [-0.05, 0) is 70.8 Å². The molecule has 7 nitrogen and oxygen atoms in total. The van der Waals surface area contributed by atoms with Gasteiger partial charge in [0.25, 0.3) is 0 Å². The summed E-state index contributed by atoms with van der Waals surface area (Å²) >= 11 is 0. The Labute approximate surface area is 370 Å². The van der Waals surface area contributed by atoms with Gasteiger partial charge in [-0.25, -0.2) is 19.9 Å². The fourth-order valence-electron chi connectivity index (χ4n) is 8.58. The second kappa shape index (κ2) is 16.0. The molecule has 3 aromatic heterocycles. The monoisotopic (exact) mass is 825 g/mol. The molecule has 0 spiro atoms. The molecule has 0 aliphatic rings. The van der Waals surface area contributed by atoms with Crippen LogP contribution in [0.5, 0.6) is 5.75 Å². The quantitative estimate of drug-likeness (QED) is 0.128. The average molecular weight is 826 g/mol. The standard InChI is InChI=1S/C57H39N5O2/c1-4-36(2)44-22-14-23-45(53(44)63-3)37-28-31-43(32-29-37)62-49-26-12-11-25-48(49)58-57(62)42-21-13-20-40(34-42)41-30-33-50-47(35-41)52-46(24-15-27-51(52)64-50)56-60-54(38-16-7-5-8-17-38)59-55(61-56)39-18-9-6-10-19-39/h4-35H,1-2H2,3H3. The van der Waals surface area contributed by atoms with Gasteiger partial charge in [-0.1, -0.05) is 159 Å². The van der Waals surface area contributed by atoms with Crippen LogP contribution in [-0.4, -0.2) is 31.6 Å². The summed E-state index contributed by atoms with van der Waals surface area (Å²) in [4.78, 5) is 20.3. The lowest BCUT2D eigenvalue weighted by Gasteiger charge is -2.15. The summed E-state index contributed by atoms with van der Waals surface area (Å²) in [6.07, 6.45) is 1.75. The van der Waals surface area contributed by atoms with Crippen molar-refractivity contribution in [3.63, 3.8) is 0 Å². The highest BCUT2D eigenvalue weighted by molar-refractivity contribution is 6.13. The largest absolute Gasteiger partial charge is 0.495 e. The number of fused-ring (bicyclic) bond motifs is 4. The highest BCUT2D eigenvalue weighted by Gasteiger charge is 2.20. The fourth-order valence-corrected chi connectivity index (χ4v) is 8.58. The van der Waals surface area contributed by atoms with Crippen LogP contribution >= 0.6 is 0 Å². The van der Waals surface area contributed by atoms with Crippen molar-refractivity contribution >= 4 is 38.5 Å². The molecule has 0 saturated carbocycles. The molecule has 0 bridgehead atoms. The van der Waals surface area contributed by atoms with E-state index >= 15 is 0 Å². The number of aromatic nitrogens is 5. The highest BCUT2D eigenvalue weighted by Crippen LogP contribution is 2.41. The Kier molecular flexibility index (Phi) is 9.55. The van der Waals surface area contributed by atoms with Crippen molar-refractivity contribution in [2.75, 3.05) is 7.11 Å². The van der Waals surface area contributed by atoms with E-state index in [1.54, 1.807) is 13.2 Å². The number of para-hydroxylation sites is 3. The van der Waals surface area contributed by atoms with Crippen LogP contribution in [0, 0.1) is 0 Å². The third-order valence-corrected chi connectivity index (χ3v) is 11.7. The van der Waals surface area contributed by atoms with Gasteiger partial charge in [-0.2, -0.15) is 0 Å². The number of hydrogen-bond acceptors (Lipinski definition) is 6. The molecule has 0 amide bonds. The molecule has 3 heterocycles. The number of methoxy groups -OCH3 is 1. The number of rotatable bonds is 10. The summed E-state index contributed by atoms with van der Waals surface area (Å²) in [5, 5.41) is 1.92. The minimum atomic E-state index is 0.576. The van der Waals surface area contributed by atoms with Crippen LogP contribution in [0.4, 0.5) is 0 Å². The predicted octanol–water partition coefficient (Wildman–Crippen LogP) is 14.3. The third-order valence-electron chi connectivity index (χ3n) is 11.7. The number of ether oxygens (including phenoxy) is 1. The Hall–Kier alpha value is -8.68. The Bertz CT molecular complexity index is 3510. The van der Waals surface area contributed by atoms with Crippen LogP contribution in [0.3, 0.4) is 0 Å². The maximum Gasteiger partial charge on any atom is 0.164 e. The second-order valence-corrected chi connectivity index (χ2v) is 15.5. The van der Waals surface area contributed by atoms with Crippen molar-refractivity contribution < 1.29 is 9.15 Å². The second-order valence-electron chi connectivity index (χ2n) is 15.5. The van der Waals surface area contributed by atoms with Crippen LogP contribution in [0.1, 0.15) is 5.56 Å². The number of imidazole rings is 1. The van der Waals surface area contributed by atoms with E-state index in [0.717, 1.165) is 106 Å². The normalized spacial score (nSPS) is 11.3. The minimum absolute atomic E-state index is 0.576. The molecule has 0 N–H and O–H groups in total. The number of benzene rings is 8. The first-order valence-electron chi connectivity index (χ1n) is 21.0. The van der Waals surface area contributed by atoms with Gasteiger partial charge < -0.3 is 9.15 Å². The molecule has 0 radical (unpaired) electrons.